The molecule has 114 valence electrons. The number of carbonyl (C=O) groups excluding carboxylic acids is 1. The summed E-state index contributed by atoms with van der Waals surface area (Å²) in [5, 5.41) is 1.70. The molecule has 2 amide bonds. The number of nitrogens with zero attached hydrogens (tertiary/aromatic N) is 1. The van der Waals surface area contributed by atoms with Gasteiger partial charge in [0.05, 0.1) is 6.17 Å². The van der Waals surface area contributed by atoms with Gasteiger partial charge in [0.15, 0.2) is 0 Å². The van der Waals surface area contributed by atoms with E-state index in [1.807, 2.05) is 27.7 Å². The van der Waals surface area contributed by atoms with Crippen LogP contribution in [0, 0.1) is 0 Å². The zero-order chi connectivity index (χ0) is 14.7. The largest absolute Gasteiger partial charge is 0.517 e. The van der Waals surface area contributed by atoms with Gasteiger partial charge in [0, 0.05) is 26.4 Å². The Bertz CT molecular complexity index is 239. The van der Waals surface area contributed by atoms with Gasteiger partial charge in [0.25, 0.3) is 0 Å². The summed E-state index contributed by atoms with van der Waals surface area (Å²) < 4.78 is 17.2. The molecule has 7 nitrogen and oxygen atoms in total. The number of nitrogens with one attached hydrogen (secondary N) is 1. The van der Waals surface area contributed by atoms with Gasteiger partial charge in [-0.05, 0) is 27.2 Å². The lowest BCUT2D eigenvalue weighted by Crippen LogP contribution is -2.60. The number of hydrogen-bond donors (Lipinski definition) is 2. The third-order valence-corrected chi connectivity index (χ3v) is 5.19. The highest BCUT2D eigenvalue weighted by Crippen LogP contribution is 2.12. The summed E-state index contributed by atoms with van der Waals surface area (Å²) in [5.74, 6) is 0. The molecule has 0 fully saturated rings. The highest BCUT2D eigenvalue weighted by Gasteiger charge is 2.42. The van der Waals surface area contributed by atoms with Crippen LogP contribution in [0.25, 0.3) is 0 Å². The summed E-state index contributed by atoms with van der Waals surface area (Å²) in [6, 6.07) is -0.596. The molecule has 0 saturated carbocycles. The van der Waals surface area contributed by atoms with E-state index >= 15 is 0 Å². The first kappa shape index (κ1) is 18.3. The molecule has 0 bridgehead atoms. The van der Waals surface area contributed by atoms with Crippen molar-refractivity contribution >= 4 is 14.8 Å². The molecule has 0 spiro atoms. The van der Waals surface area contributed by atoms with Crippen LogP contribution in [0.3, 0.4) is 0 Å². The van der Waals surface area contributed by atoms with Crippen molar-refractivity contribution in [2.24, 2.45) is 5.73 Å². The lowest BCUT2D eigenvalue weighted by molar-refractivity contribution is 0.0513. The maximum absolute atomic E-state index is 11.0. The first-order valence-corrected chi connectivity index (χ1v) is 8.69. The summed E-state index contributed by atoms with van der Waals surface area (Å²) in [7, 11) is -2.81. The van der Waals surface area contributed by atoms with E-state index in [1.165, 1.54) is 0 Å². The molecule has 0 radical (unpaired) electrons. The van der Waals surface area contributed by atoms with Crippen LogP contribution in [0.2, 0.25) is 0 Å². The zero-order valence-corrected chi connectivity index (χ0v) is 13.4. The monoisotopic (exact) mass is 293 g/mol. The van der Waals surface area contributed by atoms with Crippen molar-refractivity contribution in [1.82, 2.24) is 10.4 Å². The Morgan fingerprint density at radius 3 is 1.89 bits per heavy atom. The van der Waals surface area contributed by atoms with Crippen LogP contribution in [-0.4, -0.2) is 52.4 Å². The Kier molecular flexibility index (Phi) is 9.80. The van der Waals surface area contributed by atoms with E-state index in [0.29, 0.717) is 32.5 Å². The molecule has 0 atom stereocenters. The van der Waals surface area contributed by atoms with Crippen LogP contribution >= 0.6 is 0 Å². The molecule has 0 aliphatic heterocycles. The van der Waals surface area contributed by atoms with E-state index in [2.05, 4.69) is 5.43 Å². The van der Waals surface area contributed by atoms with E-state index in [-0.39, 0.29) is 0 Å². The Hall–Kier alpha value is -0.673. The molecule has 0 aromatic carbocycles. The minimum atomic E-state index is -2.81. The maximum Gasteiger partial charge on any atom is 0.517 e. The fraction of sp³-hybridized carbons (Fsp3) is 0.909. The minimum Gasteiger partial charge on any atom is -0.373 e. The van der Waals surface area contributed by atoms with Crippen molar-refractivity contribution in [2.75, 3.05) is 32.5 Å². The van der Waals surface area contributed by atoms with E-state index in [9.17, 15) is 4.79 Å². The summed E-state index contributed by atoms with van der Waals surface area (Å²) in [6.45, 7) is 9.86. The lowest BCUT2D eigenvalue weighted by Gasteiger charge is -2.33. The fourth-order valence-electron chi connectivity index (χ4n) is 1.76. The summed E-state index contributed by atoms with van der Waals surface area (Å²) in [5.41, 5.74) is 7.74. The molecule has 0 aliphatic carbocycles. The van der Waals surface area contributed by atoms with Gasteiger partial charge in [0.1, 0.15) is 0 Å². The van der Waals surface area contributed by atoms with Crippen LogP contribution in [-0.2, 0) is 13.3 Å². The van der Waals surface area contributed by atoms with Crippen molar-refractivity contribution in [3.05, 3.63) is 0 Å². The van der Waals surface area contributed by atoms with Crippen LogP contribution in [0.1, 0.15) is 34.1 Å². The van der Waals surface area contributed by atoms with Crippen molar-refractivity contribution < 1.29 is 18.1 Å². The molecule has 0 aromatic heterocycles. The first-order valence-electron chi connectivity index (χ1n) is 6.76. The van der Waals surface area contributed by atoms with E-state index < -0.39 is 14.8 Å². The number of carbonyl (C=O) groups is 1. The smallest absolute Gasteiger partial charge is 0.373 e. The fourth-order valence-corrected chi connectivity index (χ4v) is 4.30. The number of rotatable bonds is 11. The molecule has 0 heterocycles. The minimum absolute atomic E-state index is 0.388. The quantitative estimate of drug-likeness (QED) is 0.436. The van der Waals surface area contributed by atoms with E-state index in [4.69, 9.17) is 19.0 Å². The van der Waals surface area contributed by atoms with Gasteiger partial charge in [-0.25, -0.2) is 9.80 Å². The van der Waals surface area contributed by atoms with Crippen LogP contribution in [0.4, 0.5) is 4.79 Å². The first-order chi connectivity index (χ1) is 9.03. The summed E-state index contributed by atoms with van der Waals surface area (Å²) >= 11 is 0. The number of urea groups is 1. The van der Waals surface area contributed by atoms with Crippen molar-refractivity contribution in [3.63, 3.8) is 0 Å². The molecular formula is C11H27N3O4Si. The molecule has 0 aromatic rings. The predicted molar refractivity (Wildman–Crippen MR) is 75.2 cm³/mol. The Morgan fingerprint density at radius 2 is 1.58 bits per heavy atom. The Balaban J connectivity index is 4.82. The third kappa shape index (κ3) is 7.48. The van der Waals surface area contributed by atoms with Gasteiger partial charge in [-0.1, -0.05) is 6.92 Å². The Labute approximate surface area is 116 Å². The number of amides is 2. The second-order valence-corrected chi connectivity index (χ2v) is 6.43. The highest BCUT2D eigenvalue weighted by molar-refractivity contribution is 6.60. The molecule has 0 unspecified atom stereocenters. The molecule has 0 aliphatic rings. The highest BCUT2D eigenvalue weighted by atomic mass is 28.4. The van der Waals surface area contributed by atoms with Gasteiger partial charge in [-0.3, -0.25) is 5.43 Å². The van der Waals surface area contributed by atoms with Gasteiger partial charge >= 0.3 is 14.8 Å². The molecule has 19 heavy (non-hydrogen) atoms. The normalized spacial score (nSPS) is 11.8. The number of hydrazine groups is 1. The zero-order valence-electron chi connectivity index (χ0n) is 12.4. The van der Waals surface area contributed by atoms with Crippen LogP contribution < -0.4 is 11.2 Å². The lowest BCUT2D eigenvalue weighted by atomic mass is 10.5. The number of hydrogen-bond acceptors (Lipinski definition) is 5. The van der Waals surface area contributed by atoms with E-state index in [1.54, 1.807) is 5.01 Å². The average Bonchev–Trinajstić information content (AvgIpc) is 2.29. The van der Waals surface area contributed by atoms with E-state index in [0.717, 1.165) is 6.42 Å². The molecule has 0 saturated heterocycles. The summed E-state index contributed by atoms with van der Waals surface area (Å²) in [4.78, 5) is 11.0. The van der Waals surface area contributed by atoms with Crippen LogP contribution in [0.5, 0.6) is 0 Å². The van der Waals surface area contributed by atoms with Gasteiger partial charge in [-0.15, -0.1) is 0 Å². The van der Waals surface area contributed by atoms with Gasteiger partial charge < -0.3 is 19.0 Å². The molecular weight excluding hydrogens is 266 g/mol. The second kappa shape index (κ2) is 10.2. The molecule has 8 heteroatoms. The maximum atomic E-state index is 11.0. The predicted octanol–water partition coefficient (Wildman–Crippen LogP) is 0.869. The van der Waals surface area contributed by atoms with Gasteiger partial charge in [0.2, 0.25) is 0 Å². The molecule has 0 rings (SSSR count). The van der Waals surface area contributed by atoms with Gasteiger partial charge in [-0.2, -0.15) is 0 Å². The van der Waals surface area contributed by atoms with Crippen molar-refractivity contribution in [1.29, 1.82) is 0 Å². The Morgan fingerprint density at radius 1 is 1.11 bits per heavy atom. The number of nitrogens with two attached hydrogens (primary N) is 1. The van der Waals surface area contributed by atoms with Crippen LogP contribution in [0.15, 0.2) is 0 Å². The van der Waals surface area contributed by atoms with Crippen molar-refractivity contribution in [2.45, 2.75) is 34.1 Å². The number of primary amides is 1. The average molecular weight is 293 g/mol. The molecule has 3 N–H and O–H groups in total. The second-order valence-electron chi connectivity index (χ2n) is 3.88. The third-order valence-electron chi connectivity index (χ3n) is 2.24. The SMILES string of the molecule is CCCN(C[Si](OCC)(OCC)OCC)NC(N)=O. The van der Waals surface area contributed by atoms with Crippen molar-refractivity contribution in [3.8, 4) is 0 Å². The summed E-state index contributed by atoms with van der Waals surface area (Å²) in [6.07, 6.45) is 1.26. The standard InChI is InChI=1S/C11H27N3O4Si/c1-5-9-14(13-11(12)15)10-19(16-6-2,17-7-3)18-8-4/h5-10H2,1-4H3,(H3,12,13,15). The topological polar surface area (TPSA) is 86.1 Å².